The van der Waals surface area contributed by atoms with Gasteiger partial charge in [0.25, 0.3) is 0 Å². The summed E-state index contributed by atoms with van der Waals surface area (Å²) in [5.74, 6) is 0.702. The predicted octanol–water partition coefficient (Wildman–Crippen LogP) is 4.78. The molecule has 0 aliphatic carbocycles. The maximum Gasteiger partial charge on any atom is 0.227 e. The number of rotatable bonds is 6. The highest BCUT2D eigenvalue weighted by atomic mass is 32.1. The van der Waals surface area contributed by atoms with Gasteiger partial charge in [-0.15, -0.1) is 11.3 Å². The lowest BCUT2D eigenvalue weighted by molar-refractivity contribution is -0.116. The monoisotopic (exact) mass is 390 g/mol. The van der Waals surface area contributed by atoms with Crippen LogP contribution in [-0.2, 0) is 17.8 Å². The van der Waals surface area contributed by atoms with Crippen molar-refractivity contribution in [3.8, 4) is 0 Å². The molecule has 0 spiro atoms. The van der Waals surface area contributed by atoms with Crippen molar-refractivity contribution in [2.75, 3.05) is 19.4 Å². The number of fused-ring (bicyclic) bond motifs is 3. The van der Waals surface area contributed by atoms with E-state index in [2.05, 4.69) is 47.5 Å². The van der Waals surface area contributed by atoms with Crippen LogP contribution in [0.5, 0.6) is 0 Å². The van der Waals surface area contributed by atoms with Crippen molar-refractivity contribution in [1.29, 1.82) is 0 Å². The van der Waals surface area contributed by atoms with Gasteiger partial charge in [0, 0.05) is 45.2 Å². The molecule has 142 valence electrons. The maximum absolute atomic E-state index is 11.4. The molecule has 0 aliphatic rings. The minimum Gasteiger partial charge on any atom is -0.324 e. The van der Waals surface area contributed by atoms with Crippen molar-refractivity contribution in [3.63, 3.8) is 0 Å². The SMILES string of the molecule is CC(=O)Cc1cccc(Nc2ncc3ccc4sc(CN(C)C)cc4c3n2)c1. The Balaban J connectivity index is 1.69. The molecular weight excluding hydrogens is 368 g/mol. The number of aromatic nitrogens is 2. The van der Waals surface area contributed by atoms with Crippen LogP contribution in [0, 0.1) is 0 Å². The summed E-state index contributed by atoms with van der Waals surface area (Å²) in [5, 5.41) is 5.46. The van der Waals surface area contributed by atoms with Gasteiger partial charge in [0.05, 0.1) is 5.52 Å². The van der Waals surface area contributed by atoms with Crippen molar-refractivity contribution in [2.24, 2.45) is 0 Å². The average molecular weight is 391 g/mol. The first kappa shape index (κ1) is 18.5. The summed E-state index contributed by atoms with van der Waals surface area (Å²) in [5.41, 5.74) is 2.81. The second-order valence-electron chi connectivity index (χ2n) is 7.26. The number of hydrogen-bond acceptors (Lipinski definition) is 6. The fourth-order valence-electron chi connectivity index (χ4n) is 3.29. The zero-order valence-corrected chi connectivity index (χ0v) is 17.0. The van der Waals surface area contributed by atoms with Crippen LogP contribution in [0.4, 0.5) is 11.6 Å². The third-order valence-electron chi connectivity index (χ3n) is 4.41. The van der Waals surface area contributed by atoms with E-state index in [1.54, 1.807) is 18.3 Å². The van der Waals surface area contributed by atoms with E-state index in [1.165, 1.54) is 9.58 Å². The van der Waals surface area contributed by atoms with Gasteiger partial charge in [-0.3, -0.25) is 4.79 Å². The van der Waals surface area contributed by atoms with Crippen LogP contribution in [0.2, 0.25) is 0 Å². The summed E-state index contributed by atoms with van der Waals surface area (Å²) in [4.78, 5) is 24.1. The van der Waals surface area contributed by atoms with Gasteiger partial charge in [-0.2, -0.15) is 0 Å². The molecule has 0 bridgehead atoms. The minimum absolute atomic E-state index is 0.146. The molecule has 2 aromatic heterocycles. The van der Waals surface area contributed by atoms with Crippen molar-refractivity contribution >= 4 is 49.7 Å². The second kappa shape index (κ2) is 7.66. The van der Waals surface area contributed by atoms with Crippen LogP contribution in [0.3, 0.4) is 0 Å². The van der Waals surface area contributed by atoms with E-state index < -0.39 is 0 Å². The van der Waals surface area contributed by atoms with Gasteiger partial charge in [-0.05, 0) is 56.9 Å². The third-order valence-corrected chi connectivity index (χ3v) is 5.49. The van der Waals surface area contributed by atoms with Crippen molar-refractivity contribution in [2.45, 2.75) is 19.9 Å². The maximum atomic E-state index is 11.4. The number of thiophene rings is 1. The first-order valence-corrected chi connectivity index (χ1v) is 9.98. The lowest BCUT2D eigenvalue weighted by Gasteiger charge is -2.08. The number of anilines is 2. The van der Waals surface area contributed by atoms with Gasteiger partial charge in [0.2, 0.25) is 5.95 Å². The number of benzene rings is 2. The van der Waals surface area contributed by atoms with Gasteiger partial charge in [0.1, 0.15) is 5.78 Å². The van der Waals surface area contributed by atoms with E-state index in [0.29, 0.717) is 12.4 Å². The standard InChI is InChI=1S/C22H22N4OS/c1-14(27)9-15-5-4-6-17(10-15)24-22-23-12-16-7-8-20-19(21(16)25-22)11-18(28-20)13-26(2)3/h4-8,10-12H,9,13H2,1-3H3,(H,23,24,25). The fourth-order valence-corrected chi connectivity index (χ4v) is 4.47. The lowest BCUT2D eigenvalue weighted by atomic mass is 10.1. The van der Waals surface area contributed by atoms with Crippen molar-refractivity contribution in [1.82, 2.24) is 14.9 Å². The molecule has 4 rings (SSSR count). The molecule has 0 saturated carbocycles. The zero-order chi connectivity index (χ0) is 19.7. The molecular formula is C22H22N4OS. The normalized spacial score (nSPS) is 11.4. The molecule has 0 aliphatic heterocycles. The Morgan fingerprint density at radius 2 is 2.04 bits per heavy atom. The molecule has 1 N–H and O–H groups in total. The highest BCUT2D eigenvalue weighted by molar-refractivity contribution is 7.19. The van der Waals surface area contributed by atoms with Crippen LogP contribution < -0.4 is 5.32 Å². The molecule has 0 unspecified atom stereocenters. The molecule has 2 aromatic carbocycles. The second-order valence-corrected chi connectivity index (χ2v) is 8.43. The Morgan fingerprint density at radius 1 is 1.18 bits per heavy atom. The van der Waals surface area contributed by atoms with Gasteiger partial charge in [0.15, 0.2) is 0 Å². The van der Waals surface area contributed by atoms with E-state index in [1.807, 2.05) is 30.5 Å². The van der Waals surface area contributed by atoms with Crippen LogP contribution in [0.1, 0.15) is 17.4 Å². The number of hydrogen-bond donors (Lipinski definition) is 1. The summed E-state index contributed by atoms with van der Waals surface area (Å²) >= 11 is 1.80. The molecule has 4 aromatic rings. The minimum atomic E-state index is 0.146. The number of nitrogens with zero attached hydrogens (tertiary/aromatic N) is 3. The average Bonchev–Trinajstić information content (AvgIpc) is 3.03. The Morgan fingerprint density at radius 3 is 2.82 bits per heavy atom. The summed E-state index contributed by atoms with van der Waals surface area (Å²) in [7, 11) is 4.15. The Bertz CT molecular complexity index is 1170. The first-order chi connectivity index (χ1) is 13.5. The van der Waals surface area contributed by atoms with E-state index in [0.717, 1.165) is 34.1 Å². The molecule has 28 heavy (non-hydrogen) atoms. The highest BCUT2D eigenvalue weighted by Gasteiger charge is 2.10. The quantitative estimate of drug-likeness (QED) is 0.513. The van der Waals surface area contributed by atoms with Gasteiger partial charge >= 0.3 is 0 Å². The first-order valence-electron chi connectivity index (χ1n) is 9.16. The lowest BCUT2D eigenvalue weighted by Crippen LogP contribution is -2.09. The van der Waals surface area contributed by atoms with Gasteiger partial charge < -0.3 is 10.2 Å². The van der Waals surface area contributed by atoms with Crippen LogP contribution in [0.15, 0.2) is 48.7 Å². The summed E-state index contributed by atoms with van der Waals surface area (Å²) in [6.45, 7) is 2.52. The van der Waals surface area contributed by atoms with E-state index in [4.69, 9.17) is 4.98 Å². The molecule has 0 amide bonds. The number of carbonyl (C=O) groups excluding carboxylic acids is 1. The van der Waals surface area contributed by atoms with Crippen molar-refractivity contribution in [3.05, 3.63) is 59.1 Å². The van der Waals surface area contributed by atoms with Crippen LogP contribution in [0.25, 0.3) is 21.0 Å². The van der Waals surface area contributed by atoms with Gasteiger partial charge in [-0.25, -0.2) is 9.97 Å². The van der Waals surface area contributed by atoms with Crippen molar-refractivity contribution < 1.29 is 4.79 Å². The smallest absolute Gasteiger partial charge is 0.227 e. The zero-order valence-electron chi connectivity index (χ0n) is 16.2. The van der Waals surface area contributed by atoms with Crippen LogP contribution in [-0.4, -0.2) is 34.7 Å². The molecule has 5 nitrogen and oxygen atoms in total. The molecule has 2 heterocycles. The Kier molecular flexibility index (Phi) is 5.07. The highest BCUT2D eigenvalue weighted by Crippen LogP contribution is 2.32. The largest absolute Gasteiger partial charge is 0.324 e. The predicted molar refractivity (Wildman–Crippen MR) is 116 cm³/mol. The summed E-state index contributed by atoms with van der Waals surface area (Å²) in [6.07, 6.45) is 2.28. The number of ketones is 1. The molecule has 0 saturated heterocycles. The summed E-state index contributed by atoms with van der Waals surface area (Å²) < 4.78 is 1.23. The van der Waals surface area contributed by atoms with Crippen LogP contribution >= 0.6 is 11.3 Å². The number of nitrogens with one attached hydrogen (secondary N) is 1. The fraction of sp³-hybridized carbons (Fsp3) is 0.227. The van der Waals surface area contributed by atoms with Gasteiger partial charge in [-0.1, -0.05) is 12.1 Å². The Hall–Kier alpha value is -2.83. The van der Waals surface area contributed by atoms with E-state index >= 15 is 0 Å². The summed E-state index contributed by atoms with van der Waals surface area (Å²) in [6, 6.07) is 14.3. The molecule has 0 radical (unpaired) electrons. The molecule has 0 atom stereocenters. The van der Waals surface area contributed by atoms with E-state index in [-0.39, 0.29) is 5.78 Å². The Labute approximate surface area is 168 Å². The molecule has 6 heteroatoms. The topological polar surface area (TPSA) is 58.1 Å². The third kappa shape index (κ3) is 4.03. The van der Waals surface area contributed by atoms with E-state index in [9.17, 15) is 4.79 Å². The number of Topliss-reactive ketones (excluding diaryl/α,β-unsaturated/α-hetero) is 1. The molecule has 0 fully saturated rings. The number of carbonyl (C=O) groups is 1.